The van der Waals surface area contributed by atoms with E-state index in [1.165, 1.54) is 67.0 Å². The molecule has 0 atom stereocenters. The summed E-state index contributed by atoms with van der Waals surface area (Å²) in [6, 6.07) is 11.7. The minimum atomic E-state index is -3.82. The number of carbonyl (C=O) groups is 2. The summed E-state index contributed by atoms with van der Waals surface area (Å²) < 4.78 is 31.9. The Morgan fingerprint density at radius 3 is 2.20 bits per heavy atom. The molecule has 0 fully saturated rings. The predicted molar refractivity (Wildman–Crippen MR) is 112 cm³/mol. The first kappa shape index (κ1) is 21.4. The zero-order valence-corrected chi connectivity index (χ0v) is 17.7. The number of anilines is 2. The molecule has 0 aliphatic carbocycles. The fourth-order valence-corrected chi connectivity index (χ4v) is 4.32. The lowest BCUT2D eigenvalue weighted by atomic mass is 10.1. The topological polar surface area (TPSA) is 127 Å². The summed E-state index contributed by atoms with van der Waals surface area (Å²) in [5.74, 6) is -0.895. The zero-order chi connectivity index (χ0) is 21.7. The molecule has 30 heavy (non-hydrogen) atoms. The Morgan fingerprint density at radius 2 is 1.63 bits per heavy atom. The fraction of sp³-hybridized carbons (Fsp3) is 0.158. The monoisotopic (exact) mass is 446 g/mol. The van der Waals surface area contributed by atoms with Crippen LogP contribution in [0.5, 0.6) is 0 Å². The van der Waals surface area contributed by atoms with Crippen LogP contribution >= 0.6 is 11.3 Å². The average Bonchev–Trinajstić information content (AvgIpc) is 3.20. The van der Waals surface area contributed by atoms with Crippen LogP contribution in [0.15, 0.2) is 53.4 Å². The maximum Gasteiger partial charge on any atom is 0.337 e. The Labute approximate surface area is 177 Å². The number of aryl methyl sites for hydroxylation is 1. The lowest BCUT2D eigenvalue weighted by Gasteiger charge is -2.08. The third-order valence-corrected chi connectivity index (χ3v) is 6.45. The second kappa shape index (κ2) is 9.01. The molecule has 1 aromatic heterocycles. The van der Waals surface area contributed by atoms with Crippen LogP contribution in [-0.4, -0.2) is 37.6 Å². The first-order valence-electron chi connectivity index (χ1n) is 8.77. The number of ether oxygens (including phenoxy) is 1. The number of nitrogens with zero attached hydrogens (tertiary/aromatic N) is 2. The van der Waals surface area contributed by atoms with Gasteiger partial charge in [-0.15, -0.1) is 10.2 Å². The van der Waals surface area contributed by atoms with Gasteiger partial charge in [-0.05, 0) is 55.0 Å². The maximum atomic E-state index is 12.5. The van der Waals surface area contributed by atoms with Gasteiger partial charge in [0.15, 0.2) is 0 Å². The van der Waals surface area contributed by atoms with Crippen molar-refractivity contribution in [3.8, 4) is 0 Å². The van der Waals surface area contributed by atoms with Crippen molar-refractivity contribution in [2.45, 2.75) is 18.2 Å². The van der Waals surface area contributed by atoms with Crippen LogP contribution in [0.3, 0.4) is 0 Å². The van der Waals surface area contributed by atoms with Crippen LogP contribution in [-0.2, 0) is 21.2 Å². The van der Waals surface area contributed by atoms with E-state index in [1.54, 1.807) is 0 Å². The van der Waals surface area contributed by atoms with Crippen LogP contribution in [0.2, 0.25) is 0 Å². The number of methoxy groups -OCH3 is 1. The van der Waals surface area contributed by atoms with Crippen LogP contribution in [0, 0.1) is 0 Å². The summed E-state index contributed by atoms with van der Waals surface area (Å²) in [6.45, 7) is 1.90. The van der Waals surface area contributed by atoms with Crippen molar-refractivity contribution >= 4 is 44.1 Å². The largest absolute Gasteiger partial charge is 0.465 e. The molecule has 0 radical (unpaired) electrons. The summed E-state index contributed by atoms with van der Waals surface area (Å²) in [7, 11) is -2.54. The molecule has 156 valence electrons. The number of hydrogen-bond acceptors (Lipinski definition) is 8. The van der Waals surface area contributed by atoms with Crippen molar-refractivity contribution in [1.82, 2.24) is 10.2 Å². The van der Waals surface area contributed by atoms with Gasteiger partial charge in [0.25, 0.3) is 15.9 Å². The first-order valence-corrected chi connectivity index (χ1v) is 11.1. The van der Waals surface area contributed by atoms with E-state index in [-0.39, 0.29) is 10.0 Å². The highest BCUT2D eigenvalue weighted by atomic mass is 32.2. The molecule has 0 unspecified atom stereocenters. The molecule has 1 heterocycles. The molecule has 3 rings (SSSR count). The summed E-state index contributed by atoms with van der Waals surface area (Å²) in [5.41, 5.74) is 1.08. The Balaban J connectivity index is 1.67. The molecule has 0 saturated heterocycles. The molecule has 0 aliphatic rings. The third-order valence-electron chi connectivity index (χ3n) is 3.98. The Hall–Kier alpha value is -3.31. The summed E-state index contributed by atoms with van der Waals surface area (Å²) >= 11 is 1.17. The molecule has 2 N–H and O–H groups in total. The standard InChI is InChI=1S/C19H18N4O5S2/c1-3-16-21-22-19(29-16)23-30(26,27)15-10-8-14(9-11-15)20-17(24)12-4-6-13(7-5-12)18(25)28-2/h4-11H,3H2,1-2H3,(H,20,24)(H,22,23). The van der Waals surface area contributed by atoms with Crippen molar-refractivity contribution in [3.05, 3.63) is 64.7 Å². The summed E-state index contributed by atoms with van der Waals surface area (Å²) in [5, 5.41) is 11.3. The number of carbonyl (C=O) groups excluding carboxylic acids is 2. The van der Waals surface area contributed by atoms with Crippen LogP contribution < -0.4 is 10.0 Å². The van der Waals surface area contributed by atoms with Gasteiger partial charge in [-0.1, -0.05) is 18.3 Å². The molecule has 0 spiro atoms. The molecular weight excluding hydrogens is 428 g/mol. The molecule has 3 aromatic rings. The lowest BCUT2D eigenvalue weighted by Crippen LogP contribution is -2.14. The van der Waals surface area contributed by atoms with E-state index >= 15 is 0 Å². The molecule has 11 heteroatoms. The van der Waals surface area contributed by atoms with E-state index < -0.39 is 21.9 Å². The number of sulfonamides is 1. The number of rotatable bonds is 7. The molecule has 1 amide bonds. The van der Waals surface area contributed by atoms with Crippen molar-refractivity contribution < 1.29 is 22.7 Å². The lowest BCUT2D eigenvalue weighted by molar-refractivity contribution is 0.0600. The van der Waals surface area contributed by atoms with Crippen molar-refractivity contribution in [3.63, 3.8) is 0 Å². The molecule has 0 aliphatic heterocycles. The van der Waals surface area contributed by atoms with Gasteiger partial charge in [-0.3, -0.25) is 9.52 Å². The number of aromatic nitrogens is 2. The average molecular weight is 447 g/mol. The zero-order valence-electron chi connectivity index (χ0n) is 16.1. The molecule has 2 aromatic carbocycles. The Kier molecular flexibility index (Phi) is 6.43. The molecule has 0 saturated carbocycles. The fourth-order valence-electron chi connectivity index (χ4n) is 2.41. The van der Waals surface area contributed by atoms with E-state index in [9.17, 15) is 18.0 Å². The number of hydrogen-bond donors (Lipinski definition) is 2. The van der Waals surface area contributed by atoms with E-state index in [4.69, 9.17) is 0 Å². The Morgan fingerprint density at radius 1 is 1.00 bits per heavy atom. The van der Waals surface area contributed by atoms with Gasteiger partial charge >= 0.3 is 5.97 Å². The minimum absolute atomic E-state index is 0.0242. The first-order chi connectivity index (χ1) is 14.3. The number of esters is 1. The van der Waals surface area contributed by atoms with Gasteiger partial charge in [-0.25, -0.2) is 13.2 Å². The second-order valence-electron chi connectivity index (χ2n) is 6.01. The molecule has 0 bridgehead atoms. The van der Waals surface area contributed by atoms with Gasteiger partial charge in [0.05, 0.1) is 17.6 Å². The number of benzene rings is 2. The molecular formula is C19H18N4O5S2. The maximum absolute atomic E-state index is 12.5. The third kappa shape index (κ3) is 4.99. The van der Waals surface area contributed by atoms with Crippen LogP contribution in [0.25, 0.3) is 0 Å². The Bertz CT molecular complexity index is 1160. The van der Waals surface area contributed by atoms with Crippen molar-refractivity contribution in [2.24, 2.45) is 0 Å². The van der Waals surface area contributed by atoms with Gasteiger partial charge < -0.3 is 10.1 Å². The normalized spacial score (nSPS) is 11.0. The van der Waals surface area contributed by atoms with Crippen molar-refractivity contribution in [1.29, 1.82) is 0 Å². The van der Waals surface area contributed by atoms with Crippen LogP contribution in [0.1, 0.15) is 32.6 Å². The van der Waals surface area contributed by atoms with Gasteiger partial charge in [0.1, 0.15) is 5.01 Å². The smallest absolute Gasteiger partial charge is 0.337 e. The summed E-state index contributed by atoms with van der Waals surface area (Å²) in [6.07, 6.45) is 0.666. The molecule has 9 nitrogen and oxygen atoms in total. The van der Waals surface area contributed by atoms with Gasteiger partial charge in [-0.2, -0.15) is 0 Å². The van der Waals surface area contributed by atoms with E-state index in [2.05, 4.69) is 25.0 Å². The highest BCUT2D eigenvalue weighted by molar-refractivity contribution is 7.93. The quantitative estimate of drug-likeness (QED) is 0.534. The van der Waals surface area contributed by atoms with Crippen molar-refractivity contribution in [2.75, 3.05) is 17.1 Å². The van der Waals surface area contributed by atoms with Gasteiger partial charge in [0, 0.05) is 11.3 Å². The highest BCUT2D eigenvalue weighted by Gasteiger charge is 2.17. The predicted octanol–water partition coefficient (Wildman–Crippen LogP) is 2.94. The van der Waals surface area contributed by atoms with E-state index in [0.29, 0.717) is 23.2 Å². The number of nitrogens with one attached hydrogen (secondary N) is 2. The SMILES string of the molecule is CCc1nnc(NS(=O)(=O)c2ccc(NC(=O)c3ccc(C(=O)OC)cc3)cc2)s1. The minimum Gasteiger partial charge on any atom is -0.465 e. The summed E-state index contributed by atoms with van der Waals surface area (Å²) in [4.78, 5) is 23.8. The van der Waals surface area contributed by atoms with E-state index in [0.717, 1.165) is 5.01 Å². The van der Waals surface area contributed by atoms with Crippen LogP contribution in [0.4, 0.5) is 10.8 Å². The second-order valence-corrected chi connectivity index (χ2v) is 8.75. The number of amides is 1. The van der Waals surface area contributed by atoms with Gasteiger partial charge in [0.2, 0.25) is 5.13 Å². The van der Waals surface area contributed by atoms with E-state index in [1.807, 2.05) is 6.92 Å². The highest BCUT2D eigenvalue weighted by Crippen LogP contribution is 2.21.